The molecule has 1 aliphatic heterocycles. The van der Waals surface area contributed by atoms with Crippen LogP contribution in [0.15, 0.2) is 24.3 Å². The number of ether oxygens (including phenoxy) is 1. The first kappa shape index (κ1) is 16.6. The highest BCUT2D eigenvalue weighted by Crippen LogP contribution is 2.29. The molecule has 1 saturated heterocycles. The van der Waals surface area contributed by atoms with E-state index in [1.54, 1.807) is 4.90 Å². The monoisotopic (exact) mass is 305 g/mol. The Morgan fingerprint density at radius 3 is 2.45 bits per heavy atom. The minimum atomic E-state index is -0.0562. The molecule has 1 aliphatic rings. The normalized spacial score (nSPS) is 17.2. The summed E-state index contributed by atoms with van der Waals surface area (Å²) in [6, 6.07) is 8.11. The van der Waals surface area contributed by atoms with E-state index in [4.69, 9.17) is 4.74 Å². The Balaban J connectivity index is 1.99. The Kier molecular flexibility index (Phi) is 5.66. The van der Waals surface area contributed by atoms with E-state index in [2.05, 4.69) is 15.9 Å². The molecule has 1 fully saturated rings. The molecule has 1 unspecified atom stereocenters. The summed E-state index contributed by atoms with van der Waals surface area (Å²) in [6.07, 6.45) is 0. The molecule has 0 radical (unpaired) electrons. The van der Waals surface area contributed by atoms with Crippen molar-refractivity contribution < 1.29 is 9.53 Å². The molecule has 122 valence electrons. The van der Waals surface area contributed by atoms with Crippen molar-refractivity contribution in [2.75, 3.05) is 51.8 Å². The van der Waals surface area contributed by atoms with Gasteiger partial charge in [0, 0.05) is 40.3 Å². The van der Waals surface area contributed by atoms with E-state index >= 15 is 0 Å². The van der Waals surface area contributed by atoms with Gasteiger partial charge >= 0.3 is 0 Å². The van der Waals surface area contributed by atoms with Gasteiger partial charge in [-0.3, -0.25) is 9.69 Å². The van der Waals surface area contributed by atoms with E-state index in [0.717, 1.165) is 37.6 Å². The third kappa shape index (κ3) is 3.71. The van der Waals surface area contributed by atoms with Gasteiger partial charge in [0.1, 0.15) is 5.75 Å². The smallest absolute Gasteiger partial charge is 0.239 e. The second-order valence-electron chi connectivity index (χ2n) is 5.83. The lowest BCUT2D eigenvalue weighted by Crippen LogP contribution is -2.53. The summed E-state index contributed by atoms with van der Waals surface area (Å²) < 4.78 is 5.72. The van der Waals surface area contributed by atoms with E-state index in [9.17, 15) is 4.79 Å². The molecule has 0 aromatic heterocycles. The summed E-state index contributed by atoms with van der Waals surface area (Å²) in [7, 11) is 3.63. The standard InChI is InChI=1S/C17H27N3O2/c1-5-22-16-9-7-6-8-15(16)20-12-10-19(11-13-20)14(2)17(21)18(3)4/h6-9,14H,5,10-13H2,1-4H3. The van der Waals surface area contributed by atoms with Crippen LogP contribution in [0.2, 0.25) is 0 Å². The molecule has 0 aliphatic carbocycles. The molecule has 2 rings (SSSR count). The van der Waals surface area contributed by atoms with Crippen LogP contribution in [0, 0.1) is 0 Å². The summed E-state index contributed by atoms with van der Waals surface area (Å²) in [5.41, 5.74) is 1.15. The average molecular weight is 305 g/mol. The fraction of sp³-hybridized carbons (Fsp3) is 0.588. The summed E-state index contributed by atoms with van der Waals surface area (Å²) in [4.78, 5) is 18.3. The number of hydrogen-bond acceptors (Lipinski definition) is 4. The molecule has 5 nitrogen and oxygen atoms in total. The summed E-state index contributed by atoms with van der Waals surface area (Å²) >= 11 is 0. The maximum atomic E-state index is 12.1. The minimum Gasteiger partial charge on any atom is -0.492 e. The third-order valence-electron chi connectivity index (χ3n) is 4.17. The number of hydrogen-bond donors (Lipinski definition) is 0. The van der Waals surface area contributed by atoms with Gasteiger partial charge in [-0.25, -0.2) is 0 Å². The van der Waals surface area contributed by atoms with Crippen LogP contribution in [0.1, 0.15) is 13.8 Å². The molecular weight excluding hydrogens is 278 g/mol. The van der Waals surface area contributed by atoms with E-state index in [1.165, 1.54) is 0 Å². The van der Waals surface area contributed by atoms with Crippen molar-refractivity contribution in [3.8, 4) is 5.75 Å². The Hall–Kier alpha value is -1.75. The Morgan fingerprint density at radius 1 is 1.23 bits per heavy atom. The number of carbonyl (C=O) groups excluding carboxylic acids is 1. The topological polar surface area (TPSA) is 36.0 Å². The number of piperazine rings is 1. The number of nitrogens with zero attached hydrogens (tertiary/aromatic N) is 3. The number of rotatable bonds is 5. The quantitative estimate of drug-likeness (QED) is 0.829. The Labute approximate surface area is 133 Å². The van der Waals surface area contributed by atoms with Gasteiger partial charge in [-0.1, -0.05) is 12.1 Å². The number of anilines is 1. The van der Waals surface area contributed by atoms with Crippen LogP contribution in [0.5, 0.6) is 5.75 Å². The molecule has 5 heteroatoms. The molecule has 0 bridgehead atoms. The first-order valence-electron chi connectivity index (χ1n) is 7.96. The Bertz CT molecular complexity index is 496. The summed E-state index contributed by atoms with van der Waals surface area (Å²) in [5.74, 6) is 1.11. The van der Waals surface area contributed by atoms with Crippen LogP contribution in [0.4, 0.5) is 5.69 Å². The van der Waals surface area contributed by atoms with Gasteiger partial charge < -0.3 is 14.5 Å². The second-order valence-corrected chi connectivity index (χ2v) is 5.83. The van der Waals surface area contributed by atoms with Crippen molar-refractivity contribution in [3.05, 3.63) is 24.3 Å². The number of carbonyl (C=O) groups is 1. The molecule has 0 N–H and O–H groups in total. The van der Waals surface area contributed by atoms with E-state index in [1.807, 2.05) is 46.1 Å². The van der Waals surface area contributed by atoms with E-state index in [0.29, 0.717) is 6.61 Å². The lowest BCUT2D eigenvalue weighted by molar-refractivity contribution is -0.133. The predicted molar refractivity (Wildman–Crippen MR) is 89.6 cm³/mol. The van der Waals surface area contributed by atoms with Crippen molar-refractivity contribution in [1.29, 1.82) is 0 Å². The molecule has 1 atom stereocenters. The van der Waals surface area contributed by atoms with Crippen LogP contribution in [0.3, 0.4) is 0 Å². The highest BCUT2D eigenvalue weighted by Gasteiger charge is 2.27. The van der Waals surface area contributed by atoms with Gasteiger partial charge in [0.15, 0.2) is 0 Å². The fourth-order valence-electron chi connectivity index (χ4n) is 2.88. The first-order valence-corrected chi connectivity index (χ1v) is 7.96. The molecule has 1 aromatic carbocycles. The Morgan fingerprint density at radius 2 is 1.86 bits per heavy atom. The predicted octanol–water partition coefficient (Wildman–Crippen LogP) is 1.68. The zero-order chi connectivity index (χ0) is 16.1. The van der Waals surface area contributed by atoms with Gasteiger partial charge in [-0.2, -0.15) is 0 Å². The highest BCUT2D eigenvalue weighted by molar-refractivity contribution is 5.81. The number of likely N-dealkylation sites (N-methyl/N-ethyl adjacent to an activating group) is 1. The zero-order valence-electron chi connectivity index (χ0n) is 14.1. The zero-order valence-corrected chi connectivity index (χ0v) is 14.1. The first-order chi connectivity index (χ1) is 10.5. The summed E-state index contributed by atoms with van der Waals surface area (Å²) in [6.45, 7) is 8.27. The number of benzene rings is 1. The molecule has 22 heavy (non-hydrogen) atoms. The van der Waals surface area contributed by atoms with E-state index < -0.39 is 0 Å². The molecule has 0 spiro atoms. The van der Waals surface area contributed by atoms with Crippen molar-refractivity contribution in [3.63, 3.8) is 0 Å². The molecule has 1 heterocycles. The lowest BCUT2D eigenvalue weighted by Gasteiger charge is -2.39. The van der Waals surface area contributed by atoms with Crippen LogP contribution >= 0.6 is 0 Å². The van der Waals surface area contributed by atoms with Gasteiger partial charge in [0.2, 0.25) is 5.91 Å². The molecular formula is C17H27N3O2. The minimum absolute atomic E-state index is 0.0562. The van der Waals surface area contributed by atoms with Crippen LogP contribution in [0.25, 0.3) is 0 Å². The molecule has 1 amide bonds. The van der Waals surface area contributed by atoms with Crippen molar-refractivity contribution in [1.82, 2.24) is 9.80 Å². The van der Waals surface area contributed by atoms with Crippen LogP contribution in [-0.4, -0.2) is 68.6 Å². The van der Waals surface area contributed by atoms with Gasteiger partial charge in [-0.05, 0) is 26.0 Å². The van der Waals surface area contributed by atoms with Gasteiger partial charge in [0.25, 0.3) is 0 Å². The van der Waals surface area contributed by atoms with Gasteiger partial charge in [0.05, 0.1) is 18.3 Å². The van der Waals surface area contributed by atoms with E-state index in [-0.39, 0.29) is 11.9 Å². The van der Waals surface area contributed by atoms with Gasteiger partial charge in [-0.15, -0.1) is 0 Å². The van der Waals surface area contributed by atoms with Crippen molar-refractivity contribution in [2.24, 2.45) is 0 Å². The SMILES string of the molecule is CCOc1ccccc1N1CCN(C(C)C(=O)N(C)C)CC1. The van der Waals surface area contributed by atoms with Crippen molar-refractivity contribution >= 4 is 11.6 Å². The highest BCUT2D eigenvalue weighted by atomic mass is 16.5. The lowest BCUT2D eigenvalue weighted by atomic mass is 10.2. The van der Waals surface area contributed by atoms with Crippen molar-refractivity contribution in [2.45, 2.75) is 19.9 Å². The second kappa shape index (κ2) is 7.49. The average Bonchev–Trinajstić information content (AvgIpc) is 2.54. The fourth-order valence-corrected chi connectivity index (χ4v) is 2.88. The maximum Gasteiger partial charge on any atom is 0.239 e. The summed E-state index contributed by atoms with van der Waals surface area (Å²) in [5, 5.41) is 0. The molecule has 0 saturated carbocycles. The molecule has 1 aromatic rings. The van der Waals surface area contributed by atoms with Crippen LogP contribution < -0.4 is 9.64 Å². The number of amides is 1. The largest absolute Gasteiger partial charge is 0.492 e. The van der Waals surface area contributed by atoms with Crippen LogP contribution in [-0.2, 0) is 4.79 Å². The number of para-hydroxylation sites is 2. The third-order valence-corrected chi connectivity index (χ3v) is 4.17. The maximum absolute atomic E-state index is 12.1.